The number of para-hydroxylation sites is 1. The van der Waals surface area contributed by atoms with Gasteiger partial charge in [-0.25, -0.2) is 0 Å². The minimum atomic E-state index is 0.0128. The van der Waals surface area contributed by atoms with Crippen molar-refractivity contribution in [2.45, 2.75) is 50.6 Å². The Hall–Kier alpha value is -1.79. The maximum Gasteiger partial charge on any atom is 0.260 e. The van der Waals surface area contributed by atoms with Crippen molar-refractivity contribution < 1.29 is 14.3 Å². The molecule has 158 valence electrons. The summed E-state index contributed by atoms with van der Waals surface area (Å²) in [6, 6.07) is 8.17. The van der Waals surface area contributed by atoms with Crippen molar-refractivity contribution in [3.8, 4) is 5.75 Å². The van der Waals surface area contributed by atoms with Crippen LogP contribution in [0.15, 0.2) is 24.3 Å². The highest BCUT2D eigenvalue weighted by molar-refractivity contribution is 6.32. The quantitative estimate of drug-likeness (QED) is 0.770. The molecule has 2 saturated heterocycles. The van der Waals surface area contributed by atoms with E-state index >= 15 is 0 Å². The Morgan fingerprint density at radius 3 is 2.34 bits per heavy atom. The molecule has 6 nitrogen and oxygen atoms in total. The largest absolute Gasteiger partial charge is 0.482 e. The van der Waals surface area contributed by atoms with Crippen LogP contribution in [0.25, 0.3) is 0 Å². The molecule has 0 spiro atoms. The summed E-state index contributed by atoms with van der Waals surface area (Å²) in [5.41, 5.74) is 0. The predicted molar refractivity (Wildman–Crippen MR) is 112 cm³/mol. The minimum Gasteiger partial charge on any atom is -0.482 e. The molecule has 3 fully saturated rings. The SMILES string of the molecule is O=C(NC1CC1)C1CCN(C2CCN(C(=O)COc3ccccc3Cl)CC2)CC1. The van der Waals surface area contributed by atoms with Gasteiger partial charge in [-0.15, -0.1) is 0 Å². The van der Waals surface area contributed by atoms with Crippen LogP contribution < -0.4 is 10.1 Å². The number of piperidine rings is 2. The molecule has 2 amide bonds. The molecular formula is C22H30ClN3O3. The van der Waals surface area contributed by atoms with E-state index in [1.807, 2.05) is 17.0 Å². The minimum absolute atomic E-state index is 0.0128. The van der Waals surface area contributed by atoms with E-state index in [1.165, 1.54) is 0 Å². The zero-order valence-corrected chi connectivity index (χ0v) is 17.6. The second-order valence-electron chi connectivity index (χ2n) is 8.42. The Balaban J connectivity index is 1.17. The lowest BCUT2D eigenvalue weighted by Crippen LogP contribution is -2.50. The number of carbonyl (C=O) groups excluding carboxylic acids is 2. The highest BCUT2D eigenvalue weighted by atomic mass is 35.5. The molecule has 0 unspecified atom stereocenters. The first-order chi connectivity index (χ1) is 14.1. The van der Waals surface area contributed by atoms with Crippen LogP contribution in [0.2, 0.25) is 5.02 Å². The van der Waals surface area contributed by atoms with E-state index in [1.54, 1.807) is 12.1 Å². The smallest absolute Gasteiger partial charge is 0.260 e. The summed E-state index contributed by atoms with van der Waals surface area (Å²) in [4.78, 5) is 29.1. The first-order valence-electron chi connectivity index (χ1n) is 10.8. The molecule has 4 rings (SSSR count). The van der Waals surface area contributed by atoms with Crippen molar-refractivity contribution in [1.82, 2.24) is 15.1 Å². The molecule has 0 radical (unpaired) electrons. The molecule has 29 heavy (non-hydrogen) atoms. The number of benzene rings is 1. The lowest BCUT2D eigenvalue weighted by atomic mass is 9.92. The standard InChI is InChI=1S/C22H30ClN3O3/c23-19-3-1-2-4-20(19)29-15-21(27)26-13-9-18(10-14-26)25-11-7-16(8-12-25)22(28)24-17-5-6-17/h1-4,16-18H,5-15H2,(H,24,28). The number of amides is 2. The van der Waals surface area contributed by atoms with Gasteiger partial charge in [0.25, 0.3) is 5.91 Å². The van der Waals surface area contributed by atoms with Gasteiger partial charge in [-0.2, -0.15) is 0 Å². The maximum atomic E-state index is 12.5. The van der Waals surface area contributed by atoms with E-state index in [-0.39, 0.29) is 24.3 Å². The molecule has 2 aliphatic heterocycles. The van der Waals surface area contributed by atoms with Crippen LogP contribution in [0.4, 0.5) is 0 Å². The number of nitrogens with zero attached hydrogens (tertiary/aromatic N) is 2. The summed E-state index contributed by atoms with van der Waals surface area (Å²) in [6.45, 7) is 3.51. The van der Waals surface area contributed by atoms with Gasteiger partial charge in [0.2, 0.25) is 5.91 Å². The van der Waals surface area contributed by atoms with E-state index in [9.17, 15) is 9.59 Å². The Bertz CT molecular complexity index is 724. The summed E-state index contributed by atoms with van der Waals surface area (Å²) in [7, 11) is 0. The number of halogens is 1. The van der Waals surface area contributed by atoms with E-state index in [0.29, 0.717) is 22.9 Å². The number of hydrogen-bond donors (Lipinski definition) is 1. The van der Waals surface area contributed by atoms with E-state index in [2.05, 4.69) is 10.2 Å². The second-order valence-corrected chi connectivity index (χ2v) is 8.83. The molecule has 0 aromatic heterocycles. The molecule has 1 aromatic carbocycles. The van der Waals surface area contributed by atoms with Crippen molar-refractivity contribution in [2.24, 2.45) is 5.92 Å². The van der Waals surface area contributed by atoms with Crippen LogP contribution in [0.3, 0.4) is 0 Å². The van der Waals surface area contributed by atoms with Gasteiger partial charge in [-0.1, -0.05) is 23.7 Å². The highest BCUT2D eigenvalue weighted by Crippen LogP contribution is 2.26. The fourth-order valence-corrected chi connectivity index (χ4v) is 4.54. The molecule has 3 aliphatic rings. The first kappa shape index (κ1) is 20.5. The fraction of sp³-hybridized carbons (Fsp3) is 0.636. The average Bonchev–Trinajstić information content (AvgIpc) is 3.57. The first-order valence-corrected chi connectivity index (χ1v) is 11.2. The van der Waals surface area contributed by atoms with Gasteiger partial charge in [-0.3, -0.25) is 9.59 Å². The zero-order valence-electron chi connectivity index (χ0n) is 16.8. The molecule has 7 heteroatoms. The Labute approximate surface area is 177 Å². The van der Waals surface area contributed by atoms with Gasteiger partial charge in [0.15, 0.2) is 6.61 Å². The summed E-state index contributed by atoms with van der Waals surface area (Å²) < 4.78 is 5.59. The lowest BCUT2D eigenvalue weighted by Gasteiger charge is -2.41. The van der Waals surface area contributed by atoms with Crippen molar-refractivity contribution in [2.75, 3.05) is 32.8 Å². The maximum absolute atomic E-state index is 12.5. The third-order valence-electron chi connectivity index (χ3n) is 6.35. The Morgan fingerprint density at radius 2 is 1.69 bits per heavy atom. The van der Waals surface area contributed by atoms with E-state index in [0.717, 1.165) is 64.7 Å². The molecular weight excluding hydrogens is 390 g/mol. The van der Waals surface area contributed by atoms with Crippen molar-refractivity contribution in [1.29, 1.82) is 0 Å². The monoisotopic (exact) mass is 419 g/mol. The van der Waals surface area contributed by atoms with Crippen LogP contribution in [-0.4, -0.2) is 66.5 Å². The van der Waals surface area contributed by atoms with E-state index < -0.39 is 0 Å². The van der Waals surface area contributed by atoms with Crippen LogP contribution in [0.5, 0.6) is 5.75 Å². The molecule has 1 N–H and O–H groups in total. The summed E-state index contributed by atoms with van der Waals surface area (Å²) >= 11 is 6.08. The molecule has 1 aliphatic carbocycles. The Kier molecular flexibility index (Phi) is 6.60. The van der Waals surface area contributed by atoms with Gasteiger partial charge >= 0.3 is 0 Å². The van der Waals surface area contributed by atoms with Crippen molar-refractivity contribution in [3.05, 3.63) is 29.3 Å². The van der Waals surface area contributed by atoms with Gasteiger partial charge in [-0.05, 0) is 63.7 Å². The predicted octanol–water partition coefficient (Wildman–Crippen LogP) is 2.70. The number of hydrogen-bond acceptors (Lipinski definition) is 4. The summed E-state index contributed by atoms with van der Waals surface area (Å²) in [5.74, 6) is 0.992. The molecule has 0 bridgehead atoms. The zero-order chi connectivity index (χ0) is 20.2. The fourth-order valence-electron chi connectivity index (χ4n) is 4.35. The van der Waals surface area contributed by atoms with Crippen LogP contribution in [0, 0.1) is 5.92 Å². The number of nitrogens with one attached hydrogen (secondary N) is 1. The van der Waals surface area contributed by atoms with Crippen LogP contribution in [-0.2, 0) is 9.59 Å². The molecule has 2 heterocycles. The highest BCUT2D eigenvalue weighted by Gasteiger charge is 2.33. The number of rotatable bonds is 6. The number of carbonyl (C=O) groups is 2. The van der Waals surface area contributed by atoms with Crippen molar-refractivity contribution >= 4 is 23.4 Å². The number of likely N-dealkylation sites (tertiary alicyclic amines) is 2. The Morgan fingerprint density at radius 1 is 1.00 bits per heavy atom. The van der Waals surface area contributed by atoms with Gasteiger partial charge in [0.1, 0.15) is 5.75 Å². The van der Waals surface area contributed by atoms with Gasteiger partial charge in [0.05, 0.1) is 5.02 Å². The lowest BCUT2D eigenvalue weighted by molar-refractivity contribution is -0.135. The van der Waals surface area contributed by atoms with Gasteiger partial charge < -0.3 is 19.9 Å². The van der Waals surface area contributed by atoms with Crippen molar-refractivity contribution in [3.63, 3.8) is 0 Å². The third-order valence-corrected chi connectivity index (χ3v) is 6.66. The second kappa shape index (κ2) is 9.35. The van der Waals surface area contributed by atoms with Gasteiger partial charge in [0, 0.05) is 31.1 Å². The van der Waals surface area contributed by atoms with E-state index in [4.69, 9.17) is 16.3 Å². The summed E-state index contributed by atoms with van der Waals surface area (Å²) in [6.07, 6.45) is 6.15. The normalized spacial score (nSPS) is 21.8. The van der Waals surface area contributed by atoms with Crippen LogP contribution in [0.1, 0.15) is 38.5 Å². The molecule has 0 atom stereocenters. The third kappa shape index (κ3) is 5.43. The average molecular weight is 420 g/mol. The number of ether oxygens (including phenoxy) is 1. The van der Waals surface area contributed by atoms with Crippen LogP contribution >= 0.6 is 11.6 Å². The molecule has 1 saturated carbocycles. The molecule has 1 aromatic rings. The summed E-state index contributed by atoms with van der Waals surface area (Å²) in [5, 5.41) is 3.66. The topological polar surface area (TPSA) is 61.9 Å².